The maximum absolute atomic E-state index is 12.9. The topological polar surface area (TPSA) is 81.9 Å². The summed E-state index contributed by atoms with van der Waals surface area (Å²) < 4.78 is 42.3. The molecule has 11 heteroatoms. The van der Waals surface area contributed by atoms with E-state index in [4.69, 9.17) is 0 Å². The molecule has 0 aliphatic heterocycles. The standard InChI is InChI=1S/C16H10F3N5O2S/c1-20-13-10-11-12(27-14(10)22-6-21-13)15(25)24(7-23-11)8-2-4-9(5-3-8)26-16(17,18)19/h2-7H,1H3,(H,20,21,22). The van der Waals surface area contributed by atoms with Crippen LogP contribution in [-0.2, 0) is 0 Å². The van der Waals surface area contributed by atoms with Gasteiger partial charge in [0, 0.05) is 7.05 Å². The van der Waals surface area contributed by atoms with Gasteiger partial charge in [-0.3, -0.25) is 9.36 Å². The molecule has 1 N–H and O–H groups in total. The number of halogens is 3. The zero-order valence-corrected chi connectivity index (χ0v) is 14.4. The number of hydrogen-bond donors (Lipinski definition) is 1. The van der Waals surface area contributed by atoms with E-state index < -0.39 is 6.36 Å². The van der Waals surface area contributed by atoms with Gasteiger partial charge in [-0.15, -0.1) is 24.5 Å². The molecule has 0 atom stereocenters. The fourth-order valence-corrected chi connectivity index (χ4v) is 3.67. The maximum Gasteiger partial charge on any atom is 0.573 e. The van der Waals surface area contributed by atoms with E-state index in [-0.39, 0.29) is 11.3 Å². The summed E-state index contributed by atoms with van der Waals surface area (Å²) in [6.07, 6.45) is -2.06. The Morgan fingerprint density at radius 3 is 2.56 bits per heavy atom. The van der Waals surface area contributed by atoms with Gasteiger partial charge in [-0.25, -0.2) is 15.0 Å². The number of nitrogens with zero attached hydrogens (tertiary/aromatic N) is 4. The Hall–Kier alpha value is -3.21. The summed E-state index contributed by atoms with van der Waals surface area (Å²) in [5, 5.41) is 3.59. The summed E-state index contributed by atoms with van der Waals surface area (Å²) >= 11 is 1.18. The van der Waals surface area contributed by atoms with E-state index >= 15 is 0 Å². The van der Waals surface area contributed by atoms with Crippen molar-refractivity contribution < 1.29 is 17.9 Å². The first-order chi connectivity index (χ1) is 12.9. The second-order valence-corrected chi connectivity index (χ2v) is 6.39. The Labute approximate surface area is 153 Å². The first kappa shape index (κ1) is 17.2. The van der Waals surface area contributed by atoms with Crippen molar-refractivity contribution in [2.75, 3.05) is 12.4 Å². The van der Waals surface area contributed by atoms with Crippen LogP contribution in [0.5, 0.6) is 5.75 Å². The van der Waals surface area contributed by atoms with Crippen LogP contribution in [0.2, 0.25) is 0 Å². The van der Waals surface area contributed by atoms with E-state index in [0.29, 0.717) is 31.9 Å². The van der Waals surface area contributed by atoms with Crippen LogP contribution in [0.15, 0.2) is 41.7 Å². The van der Waals surface area contributed by atoms with Gasteiger partial charge in [0.1, 0.15) is 39.3 Å². The van der Waals surface area contributed by atoms with E-state index in [1.54, 1.807) is 7.05 Å². The normalized spacial score (nSPS) is 11.9. The molecule has 27 heavy (non-hydrogen) atoms. The van der Waals surface area contributed by atoms with Gasteiger partial charge in [0.25, 0.3) is 5.56 Å². The number of rotatable bonds is 3. The lowest BCUT2D eigenvalue weighted by molar-refractivity contribution is -0.274. The van der Waals surface area contributed by atoms with Crippen LogP contribution in [0.3, 0.4) is 0 Å². The zero-order chi connectivity index (χ0) is 19.2. The molecule has 4 rings (SSSR count). The SMILES string of the molecule is CNc1ncnc2sc3c(=O)n(-c4ccc(OC(F)(F)F)cc4)cnc3c12. The molecule has 7 nitrogen and oxygen atoms in total. The molecule has 138 valence electrons. The molecule has 0 saturated carbocycles. The number of alkyl halides is 3. The third kappa shape index (κ3) is 3.05. The van der Waals surface area contributed by atoms with Gasteiger partial charge in [0.2, 0.25) is 0 Å². The number of ether oxygens (including phenoxy) is 1. The van der Waals surface area contributed by atoms with Crippen molar-refractivity contribution in [2.45, 2.75) is 6.36 Å². The lowest BCUT2D eigenvalue weighted by atomic mass is 10.3. The van der Waals surface area contributed by atoms with Crippen LogP contribution in [0.4, 0.5) is 19.0 Å². The van der Waals surface area contributed by atoms with Crippen molar-refractivity contribution in [3.63, 3.8) is 0 Å². The largest absolute Gasteiger partial charge is 0.573 e. The quantitative estimate of drug-likeness (QED) is 0.575. The Bertz CT molecular complexity index is 1200. The highest BCUT2D eigenvalue weighted by molar-refractivity contribution is 7.25. The van der Waals surface area contributed by atoms with E-state index in [1.807, 2.05) is 0 Å². The van der Waals surface area contributed by atoms with Crippen molar-refractivity contribution in [1.82, 2.24) is 19.5 Å². The summed E-state index contributed by atoms with van der Waals surface area (Å²) in [5.41, 5.74) is 0.481. The van der Waals surface area contributed by atoms with Gasteiger partial charge in [-0.05, 0) is 24.3 Å². The molecule has 4 aromatic rings. The number of nitrogens with one attached hydrogen (secondary N) is 1. The molecule has 1 aromatic carbocycles. The van der Waals surface area contributed by atoms with Gasteiger partial charge < -0.3 is 10.1 Å². The van der Waals surface area contributed by atoms with Gasteiger partial charge in [-0.2, -0.15) is 0 Å². The summed E-state index contributed by atoms with van der Waals surface area (Å²) in [7, 11) is 1.71. The fraction of sp³-hybridized carbons (Fsp3) is 0.125. The van der Waals surface area contributed by atoms with Crippen LogP contribution in [-0.4, -0.2) is 32.9 Å². The van der Waals surface area contributed by atoms with Crippen LogP contribution >= 0.6 is 11.3 Å². The predicted molar refractivity (Wildman–Crippen MR) is 94.5 cm³/mol. The average molecular weight is 393 g/mol. The highest BCUT2D eigenvalue weighted by Crippen LogP contribution is 2.32. The van der Waals surface area contributed by atoms with Gasteiger partial charge in [0.15, 0.2) is 0 Å². The van der Waals surface area contributed by atoms with Crippen molar-refractivity contribution >= 4 is 37.6 Å². The third-order valence-electron chi connectivity index (χ3n) is 3.76. The number of aromatic nitrogens is 4. The van der Waals surface area contributed by atoms with E-state index in [1.165, 1.54) is 40.7 Å². The number of benzene rings is 1. The Morgan fingerprint density at radius 2 is 1.89 bits per heavy atom. The summed E-state index contributed by atoms with van der Waals surface area (Å²) in [6, 6.07) is 4.97. The molecule has 3 heterocycles. The lowest BCUT2D eigenvalue weighted by Crippen LogP contribution is -2.18. The van der Waals surface area contributed by atoms with E-state index in [0.717, 1.165) is 12.1 Å². The highest BCUT2D eigenvalue weighted by atomic mass is 32.1. The smallest absolute Gasteiger partial charge is 0.406 e. The van der Waals surface area contributed by atoms with Gasteiger partial charge >= 0.3 is 6.36 Å². The lowest BCUT2D eigenvalue weighted by Gasteiger charge is -2.10. The highest BCUT2D eigenvalue weighted by Gasteiger charge is 2.31. The first-order valence-electron chi connectivity index (χ1n) is 7.56. The molecular weight excluding hydrogens is 383 g/mol. The fourth-order valence-electron chi connectivity index (χ4n) is 2.65. The molecule has 0 unspecified atom stereocenters. The van der Waals surface area contributed by atoms with Crippen LogP contribution < -0.4 is 15.6 Å². The van der Waals surface area contributed by atoms with Crippen LogP contribution in [0, 0.1) is 0 Å². The number of anilines is 1. The van der Waals surface area contributed by atoms with Crippen molar-refractivity contribution in [3.05, 3.63) is 47.3 Å². The Morgan fingerprint density at radius 1 is 1.15 bits per heavy atom. The zero-order valence-electron chi connectivity index (χ0n) is 13.6. The third-order valence-corrected chi connectivity index (χ3v) is 4.84. The molecule has 0 fully saturated rings. The van der Waals surface area contributed by atoms with Crippen LogP contribution in [0.1, 0.15) is 0 Å². The van der Waals surface area contributed by atoms with Crippen LogP contribution in [0.25, 0.3) is 26.1 Å². The van der Waals surface area contributed by atoms with Crippen molar-refractivity contribution in [1.29, 1.82) is 0 Å². The monoisotopic (exact) mass is 393 g/mol. The second-order valence-electron chi connectivity index (χ2n) is 5.39. The Balaban J connectivity index is 1.83. The summed E-state index contributed by atoms with van der Waals surface area (Å²) in [5.74, 6) is 0.189. The predicted octanol–water partition coefficient (Wildman–Crippen LogP) is 3.33. The molecule has 0 radical (unpaired) electrons. The first-order valence-corrected chi connectivity index (χ1v) is 8.38. The number of fused-ring (bicyclic) bond motifs is 3. The Kier molecular flexibility index (Phi) is 3.95. The van der Waals surface area contributed by atoms with Gasteiger partial charge in [-0.1, -0.05) is 0 Å². The van der Waals surface area contributed by atoms with E-state index in [9.17, 15) is 18.0 Å². The second kappa shape index (κ2) is 6.20. The van der Waals surface area contributed by atoms with Crippen molar-refractivity contribution in [2.24, 2.45) is 0 Å². The maximum atomic E-state index is 12.9. The number of hydrogen-bond acceptors (Lipinski definition) is 7. The minimum absolute atomic E-state index is 0.352. The molecule has 0 aliphatic carbocycles. The molecule has 0 amide bonds. The molecule has 0 saturated heterocycles. The van der Waals surface area contributed by atoms with E-state index in [2.05, 4.69) is 25.0 Å². The number of thiophene rings is 1. The molecule has 0 bridgehead atoms. The molecule has 3 aromatic heterocycles. The minimum atomic E-state index is -4.78. The van der Waals surface area contributed by atoms with Crippen molar-refractivity contribution in [3.8, 4) is 11.4 Å². The van der Waals surface area contributed by atoms with Gasteiger partial charge in [0.05, 0.1) is 11.1 Å². The molecular formula is C16H10F3N5O2S. The average Bonchev–Trinajstić information content (AvgIpc) is 3.01. The molecule has 0 spiro atoms. The summed E-state index contributed by atoms with van der Waals surface area (Å²) in [6.45, 7) is 0. The summed E-state index contributed by atoms with van der Waals surface area (Å²) in [4.78, 5) is 26.1. The minimum Gasteiger partial charge on any atom is -0.406 e. The molecule has 0 aliphatic rings.